The fourth-order valence-electron chi connectivity index (χ4n) is 3.77. The van der Waals surface area contributed by atoms with Crippen molar-refractivity contribution in [2.75, 3.05) is 7.05 Å². The number of carbonyl (C=O) groups excluding carboxylic acids is 1. The second-order valence-corrected chi connectivity index (χ2v) is 7.72. The van der Waals surface area contributed by atoms with Crippen molar-refractivity contribution < 1.29 is 4.79 Å². The van der Waals surface area contributed by atoms with Crippen molar-refractivity contribution in [3.63, 3.8) is 0 Å². The molecule has 4 aromatic rings. The predicted octanol–water partition coefficient (Wildman–Crippen LogP) is 4.58. The molecule has 0 bridgehead atoms. The summed E-state index contributed by atoms with van der Waals surface area (Å²) in [6, 6.07) is 17.4. The summed E-state index contributed by atoms with van der Waals surface area (Å²) >= 11 is 0. The van der Waals surface area contributed by atoms with Crippen LogP contribution < -0.4 is 0 Å². The molecule has 0 spiro atoms. The number of aromatic nitrogens is 4. The molecule has 30 heavy (non-hydrogen) atoms. The van der Waals surface area contributed by atoms with E-state index in [4.69, 9.17) is 0 Å². The van der Waals surface area contributed by atoms with Crippen LogP contribution in [0.1, 0.15) is 53.2 Å². The van der Waals surface area contributed by atoms with E-state index in [-0.39, 0.29) is 18.0 Å². The van der Waals surface area contributed by atoms with Crippen LogP contribution in [0.3, 0.4) is 0 Å². The smallest absolute Gasteiger partial charge is 0.255 e. The average molecular weight is 399 g/mol. The van der Waals surface area contributed by atoms with E-state index in [0.717, 1.165) is 28.0 Å². The van der Waals surface area contributed by atoms with Gasteiger partial charge in [0, 0.05) is 25.0 Å². The molecule has 1 aromatic carbocycles. The Hall–Kier alpha value is -3.54. The number of fused-ring (bicyclic) bond motifs is 1. The minimum absolute atomic E-state index is 0.0895. The third-order valence-electron chi connectivity index (χ3n) is 5.21. The molecule has 6 heteroatoms. The minimum Gasteiger partial charge on any atom is -0.329 e. The van der Waals surface area contributed by atoms with Crippen LogP contribution in [-0.4, -0.2) is 37.6 Å². The van der Waals surface area contributed by atoms with E-state index < -0.39 is 0 Å². The summed E-state index contributed by atoms with van der Waals surface area (Å²) in [5, 5.41) is 5.23. The van der Waals surface area contributed by atoms with Crippen molar-refractivity contribution in [1.82, 2.24) is 24.6 Å². The number of aryl methyl sites for hydroxylation is 1. The van der Waals surface area contributed by atoms with E-state index in [9.17, 15) is 4.79 Å². The van der Waals surface area contributed by atoms with Crippen LogP contribution in [0.15, 0.2) is 67.0 Å². The zero-order chi connectivity index (χ0) is 21.3. The number of amides is 1. The molecule has 0 aliphatic carbocycles. The molecule has 0 radical (unpaired) electrons. The lowest BCUT2D eigenvalue weighted by molar-refractivity contribution is 0.0754. The Kier molecular flexibility index (Phi) is 5.31. The van der Waals surface area contributed by atoms with Gasteiger partial charge in [0.2, 0.25) is 0 Å². The SMILES string of the molecule is Cc1cc(C(=O)N(C)[C@@H](c2ccccc2)c2ccccn2)c2cnn(C(C)C)c2n1. The van der Waals surface area contributed by atoms with Crippen LogP contribution in [0.4, 0.5) is 0 Å². The molecule has 1 atom stereocenters. The van der Waals surface area contributed by atoms with E-state index >= 15 is 0 Å². The van der Waals surface area contributed by atoms with Crippen LogP contribution in [0, 0.1) is 6.92 Å². The van der Waals surface area contributed by atoms with Gasteiger partial charge in [-0.05, 0) is 44.5 Å². The predicted molar refractivity (Wildman–Crippen MR) is 117 cm³/mol. The highest BCUT2D eigenvalue weighted by Gasteiger charge is 2.27. The summed E-state index contributed by atoms with van der Waals surface area (Å²) in [5.74, 6) is -0.0895. The second-order valence-electron chi connectivity index (χ2n) is 7.72. The van der Waals surface area contributed by atoms with Crippen molar-refractivity contribution in [1.29, 1.82) is 0 Å². The van der Waals surface area contributed by atoms with Gasteiger partial charge in [-0.3, -0.25) is 9.78 Å². The highest BCUT2D eigenvalue weighted by atomic mass is 16.2. The first-order chi connectivity index (χ1) is 14.5. The number of hydrogen-bond donors (Lipinski definition) is 0. The van der Waals surface area contributed by atoms with Crippen molar-refractivity contribution in [2.45, 2.75) is 32.9 Å². The topological polar surface area (TPSA) is 63.9 Å². The molecule has 0 saturated carbocycles. The van der Waals surface area contributed by atoms with Gasteiger partial charge in [-0.1, -0.05) is 36.4 Å². The fraction of sp³-hybridized carbons (Fsp3) is 0.250. The highest BCUT2D eigenvalue weighted by molar-refractivity contribution is 6.05. The number of hydrogen-bond acceptors (Lipinski definition) is 4. The van der Waals surface area contributed by atoms with Gasteiger partial charge >= 0.3 is 0 Å². The van der Waals surface area contributed by atoms with E-state index in [1.807, 2.05) is 73.3 Å². The van der Waals surface area contributed by atoms with Crippen LogP contribution in [-0.2, 0) is 0 Å². The fourth-order valence-corrected chi connectivity index (χ4v) is 3.77. The van der Waals surface area contributed by atoms with Crippen LogP contribution in [0.2, 0.25) is 0 Å². The molecule has 3 aromatic heterocycles. The first-order valence-electron chi connectivity index (χ1n) is 10.0. The molecule has 4 rings (SSSR count). The Bertz CT molecular complexity index is 1130. The maximum Gasteiger partial charge on any atom is 0.255 e. The van der Waals surface area contributed by atoms with Crippen molar-refractivity contribution in [2.24, 2.45) is 0 Å². The monoisotopic (exact) mass is 399 g/mol. The molecule has 0 saturated heterocycles. The summed E-state index contributed by atoms with van der Waals surface area (Å²) in [4.78, 5) is 24.6. The van der Waals surface area contributed by atoms with Gasteiger partial charge in [0.15, 0.2) is 5.65 Å². The van der Waals surface area contributed by atoms with E-state index in [1.165, 1.54) is 0 Å². The highest BCUT2D eigenvalue weighted by Crippen LogP contribution is 2.29. The van der Waals surface area contributed by atoms with Crippen molar-refractivity contribution >= 4 is 16.9 Å². The lowest BCUT2D eigenvalue weighted by Crippen LogP contribution is -2.32. The molecule has 0 aliphatic heterocycles. The third-order valence-corrected chi connectivity index (χ3v) is 5.21. The normalized spacial score (nSPS) is 12.3. The summed E-state index contributed by atoms with van der Waals surface area (Å²) in [5.41, 5.74) is 3.95. The lowest BCUT2D eigenvalue weighted by Gasteiger charge is -2.28. The number of nitrogens with zero attached hydrogens (tertiary/aromatic N) is 5. The Labute approximate surface area is 176 Å². The van der Waals surface area contributed by atoms with Crippen LogP contribution >= 0.6 is 0 Å². The number of rotatable bonds is 5. The van der Waals surface area contributed by atoms with Gasteiger partial charge < -0.3 is 4.90 Å². The first kappa shape index (κ1) is 19.8. The Balaban J connectivity index is 1.82. The summed E-state index contributed by atoms with van der Waals surface area (Å²) in [6.45, 7) is 6.01. The molecule has 6 nitrogen and oxygen atoms in total. The molecule has 0 aliphatic rings. The summed E-state index contributed by atoms with van der Waals surface area (Å²) < 4.78 is 1.85. The molecule has 0 N–H and O–H groups in total. The number of pyridine rings is 2. The standard InChI is InChI=1S/C24H25N5O/c1-16(2)29-23-20(15-26-29)19(14-17(3)27-23)24(30)28(4)22(18-10-6-5-7-11-18)21-12-8-9-13-25-21/h5-16,22H,1-4H3/t22-/m0/s1. The molecule has 0 unspecified atom stereocenters. The van der Waals surface area contributed by atoms with Gasteiger partial charge in [0.05, 0.1) is 28.9 Å². The Morgan fingerprint density at radius 2 is 1.80 bits per heavy atom. The molecule has 3 heterocycles. The Morgan fingerprint density at radius 1 is 1.07 bits per heavy atom. The molecule has 152 valence electrons. The van der Waals surface area contributed by atoms with E-state index in [2.05, 4.69) is 28.9 Å². The third kappa shape index (κ3) is 3.56. The molecular weight excluding hydrogens is 374 g/mol. The lowest BCUT2D eigenvalue weighted by atomic mass is 10.0. The second kappa shape index (κ2) is 8.06. The zero-order valence-electron chi connectivity index (χ0n) is 17.6. The molecule has 0 fully saturated rings. The van der Waals surface area contributed by atoms with Gasteiger partial charge in [-0.25, -0.2) is 9.67 Å². The largest absolute Gasteiger partial charge is 0.329 e. The summed E-state index contributed by atoms with van der Waals surface area (Å²) in [6.07, 6.45) is 3.49. The quantitative estimate of drug-likeness (QED) is 0.493. The maximum absolute atomic E-state index is 13.7. The van der Waals surface area contributed by atoms with E-state index in [0.29, 0.717) is 5.56 Å². The number of carbonyl (C=O) groups is 1. The van der Waals surface area contributed by atoms with Gasteiger partial charge in [0.1, 0.15) is 0 Å². The van der Waals surface area contributed by atoms with E-state index in [1.54, 1.807) is 17.3 Å². The van der Waals surface area contributed by atoms with Gasteiger partial charge in [-0.15, -0.1) is 0 Å². The van der Waals surface area contributed by atoms with Gasteiger partial charge in [0.25, 0.3) is 5.91 Å². The van der Waals surface area contributed by atoms with Crippen molar-refractivity contribution in [3.8, 4) is 0 Å². The van der Waals surface area contributed by atoms with Crippen LogP contribution in [0.25, 0.3) is 11.0 Å². The van der Waals surface area contributed by atoms with Gasteiger partial charge in [-0.2, -0.15) is 5.10 Å². The van der Waals surface area contributed by atoms with Crippen LogP contribution in [0.5, 0.6) is 0 Å². The molecule has 1 amide bonds. The summed E-state index contributed by atoms with van der Waals surface area (Å²) in [7, 11) is 1.82. The molecular formula is C24H25N5O. The first-order valence-corrected chi connectivity index (χ1v) is 10.0. The zero-order valence-corrected chi connectivity index (χ0v) is 17.6. The minimum atomic E-state index is -0.302. The average Bonchev–Trinajstić information content (AvgIpc) is 3.18. The number of benzene rings is 1. The maximum atomic E-state index is 13.7. The Morgan fingerprint density at radius 3 is 2.47 bits per heavy atom. The van der Waals surface area contributed by atoms with Crippen molar-refractivity contribution in [3.05, 3.63) is 89.5 Å².